The number of aliphatic hydroxyl groups excluding tert-OH is 1. The molecule has 0 fully saturated rings. The molecule has 186 valence electrons. The summed E-state index contributed by atoms with van der Waals surface area (Å²) in [5, 5.41) is 9.70. The van der Waals surface area contributed by atoms with Crippen LogP contribution in [0, 0.1) is 0 Å². The highest BCUT2D eigenvalue weighted by Gasteiger charge is 2.24. The number of hydrogen-bond donors (Lipinski definition) is 3. The maximum Gasteiger partial charge on any atom is 0.333 e. The van der Waals surface area contributed by atoms with Gasteiger partial charge in [0.25, 0.3) is 5.91 Å². The van der Waals surface area contributed by atoms with Gasteiger partial charge in [0.1, 0.15) is 11.4 Å². The summed E-state index contributed by atoms with van der Waals surface area (Å²) >= 11 is 5.93. The van der Waals surface area contributed by atoms with Gasteiger partial charge in [0.05, 0.1) is 25.4 Å². The minimum absolute atomic E-state index is 0.00414. The van der Waals surface area contributed by atoms with Crippen LogP contribution in [0.1, 0.15) is 16.1 Å². The van der Waals surface area contributed by atoms with E-state index in [1.54, 1.807) is 60.7 Å². The zero-order chi connectivity index (χ0) is 26.1. The fourth-order valence-corrected chi connectivity index (χ4v) is 3.11. The normalized spacial score (nSPS) is 11.0. The quantitative estimate of drug-likeness (QED) is 0.226. The van der Waals surface area contributed by atoms with Crippen molar-refractivity contribution in [3.8, 4) is 11.6 Å². The maximum absolute atomic E-state index is 13.0. The van der Waals surface area contributed by atoms with E-state index in [0.717, 1.165) is 9.80 Å². The van der Waals surface area contributed by atoms with Crippen LogP contribution in [0.4, 0.5) is 10.5 Å². The lowest BCUT2D eigenvalue weighted by molar-refractivity contribution is -0.116. The number of carbonyl (C=O) groups is 3. The van der Waals surface area contributed by atoms with Crippen molar-refractivity contribution in [3.63, 3.8) is 0 Å². The second kappa shape index (κ2) is 12.3. The van der Waals surface area contributed by atoms with Gasteiger partial charge in [-0.1, -0.05) is 29.8 Å². The van der Waals surface area contributed by atoms with E-state index >= 15 is 0 Å². The molecule has 2 aromatic carbocycles. The molecule has 0 saturated carbocycles. The number of aliphatic hydroxyl groups is 1. The predicted molar refractivity (Wildman–Crippen MR) is 133 cm³/mol. The fraction of sp³-hybridized carbons (Fsp3) is 0.125. The molecule has 36 heavy (non-hydrogen) atoms. The van der Waals surface area contributed by atoms with Gasteiger partial charge in [0, 0.05) is 11.1 Å². The van der Waals surface area contributed by atoms with Gasteiger partial charge in [-0.2, -0.15) is 0 Å². The van der Waals surface area contributed by atoms with E-state index in [9.17, 15) is 19.5 Å². The molecule has 3 aromatic rings. The molecule has 12 heteroatoms. The highest BCUT2D eigenvalue weighted by Crippen LogP contribution is 2.23. The average molecular weight is 511 g/mol. The number of carbonyl (C=O) groups excluding carboxylic acids is 3. The molecule has 0 bridgehead atoms. The third-order valence-corrected chi connectivity index (χ3v) is 5.01. The third kappa shape index (κ3) is 7.01. The maximum atomic E-state index is 13.0. The molecule has 0 radical (unpaired) electrons. The molecular formula is C24H23ClN6O5. The van der Waals surface area contributed by atoms with Crippen LogP contribution in [-0.4, -0.2) is 57.3 Å². The fourth-order valence-electron chi connectivity index (χ4n) is 2.99. The van der Waals surface area contributed by atoms with Gasteiger partial charge in [-0.3, -0.25) is 19.4 Å². The Morgan fingerprint density at radius 2 is 1.75 bits per heavy atom. The lowest BCUT2D eigenvalue weighted by atomic mass is 10.2. The Hall–Kier alpha value is -4.48. The summed E-state index contributed by atoms with van der Waals surface area (Å²) in [4.78, 5) is 45.9. The molecule has 0 unspecified atom stereocenters. The first-order valence-corrected chi connectivity index (χ1v) is 11.0. The number of hydrogen-bond acceptors (Lipinski definition) is 7. The van der Waals surface area contributed by atoms with Crippen molar-refractivity contribution in [2.24, 2.45) is 16.5 Å². The number of nitrogens with zero attached hydrogens (tertiary/aromatic N) is 4. The minimum atomic E-state index is -0.754. The number of urea groups is 1. The number of amides is 4. The van der Waals surface area contributed by atoms with Crippen molar-refractivity contribution >= 4 is 41.6 Å². The SMILES string of the molecule is NC(=O)c1cccc(Oc2ccc(N=C(N)N(Cc3ccc(Cl)cc3)C(=O)N(C=O)CCO)cc2)n1. The number of aliphatic imine (C=N–C) groups is 1. The van der Waals surface area contributed by atoms with Gasteiger partial charge in [0.2, 0.25) is 18.2 Å². The van der Waals surface area contributed by atoms with Crippen molar-refractivity contribution in [2.45, 2.75) is 6.54 Å². The highest BCUT2D eigenvalue weighted by molar-refractivity contribution is 6.30. The zero-order valence-electron chi connectivity index (χ0n) is 19.0. The van der Waals surface area contributed by atoms with Gasteiger partial charge < -0.3 is 21.3 Å². The zero-order valence-corrected chi connectivity index (χ0v) is 19.7. The topological polar surface area (TPSA) is 164 Å². The third-order valence-electron chi connectivity index (χ3n) is 4.75. The minimum Gasteiger partial charge on any atom is -0.439 e. The van der Waals surface area contributed by atoms with Gasteiger partial charge in [-0.15, -0.1) is 0 Å². The van der Waals surface area contributed by atoms with E-state index in [1.165, 1.54) is 6.07 Å². The number of guanidine groups is 1. The lowest BCUT2D eigenvalue weighted by Crippen LogP contribution is -2.49. The summed E-state index contributed by atoms with van der Waals surface area (Å²) in [6.07, 6.45) is 0.314. The van der Waals surface area contributed by atoms with Crippen LogP contribution >= 0.6 is 11.6 Å². The molecular weight excluding hydrogens is 488 g/mol. The van der Waals surface area contributed by atoms with E-state index in [2.05, 4.69) is 9.98 Å². The number of nitrogens with two attached hydrogens (primary N) is 2. The molecule has 1 aromatic heterocycles. The van der Waals surface area contributed by atoms with Crippen molar-refractivity contribution in [1.29, 1.82) is 0 Å². The van der Waals surface area contributed by atoms with Gasteiger partial charge in [-0.25, -0.2) is 14.8 Å². The number of rotatable bonds is 9. The number of imide groups is 1. The van der Waals surface area contributed by atoms with Crippen LogP contribution in [0.2, 0.25) is 5.02 Å². The lowest BCUT2D eigenvalue weighted by Gasteiger charge is -2.26. The standard InChI is InChI=1S/C24H23ClN6O5/c25-17-6-4-16(5-7-17)14-31(24(35)30(15-33)12-13-32)23(27)28-18-8-10-19(11-9-18)36-21-3-1-2-20(29-21)22(26)34/h1-11,15,32H,12-14H2,(H2,26,34)(H2,27,28). The van der Waals surface area contributed by atoms with Crippen molar-refractivity contribution in [1.82, 2.24) is 14.8 Å². The smallest absolute Gasteiger partial charge is 0.333 e. The predicted octanol–water partition coefficient (Wildman–Crippen LogP) is 2.65. The van der Waals surface area contributed by atoms with Crippen LogP contribution in [0.5, 0.6) is 11.6 Å². The van der Waals surface area contributed by atoms with E-state index in [1.807, 2.05) is 0 Å². The van der Waals surface area contributed by atoms with Crippen molar-refractivity contribution in [3.05, 3.63) is 83.0 Å². The van der Waals surface area contributed by atoms with Crippen LogP contribution in [0.25, 0.3) is 0 Å². The molecule has 0 atom stereocenters. The first-order chi connectivity index (χ1) is 17.3. The molecule has 0 aliphatic rings. The number of ether oxygens (including phenoxy) is 1. The summed E-state index contributed by atoms with van der Waals surface area (Å²) in [6.45, 7) is -0.608. The highest BCUT2D eigenvalue weighted by atomic mass is 35.5. The Morgan fingerprint density at radius 1 is 1.06 bits per heavy atom. The van der Waals surface area contributed by atoms with Crippen LogP contribution in [-0.2, 0) is 11.3 Å². The second-order valence-corrected chi connectivity index (χ2v) is 7.75. The van der Waals surface area contributed by atoms with E-state index in [-0.39, 0.29) is 30.6 Å². The summed E-state index contributed by atoms with van der Waals surface area (Å²) < 4.78 is 5.63. The molecule has 0 saturated heterocycles. The number of aromatic nitrogens is 1. The largest absolute Gasteiger partial charge is 0.439 e. The Balaban J connectivity index is 1.82. The van der Waals surface area contributed by atoms with Gasteiger partial charge in [-0.05, 0) is 48.0 Å². The molecule has 5 N–H and O–H groups in total. The number of halogens is 1. The molecule has 4 amide bonds. The van der Waals surface area contributed by atoms with Crippen molar-refractivity contribution < 1.29 is 24.2 Å². The van der Waals surface area contributed by atoms with Gasteiger partial charge in [0.15, 0.2) is 0 Å². The van der Waals surface area contributed by atoms with E-state index in [4.69, 9.17) is 27.8 Å². The number of pyridine rings is 1. The second-order valence-electron chi connectivity index (χ2n) is 7.31. The Labute approximate surface area is 211 Å². The summed E-state index contributed by atoms with van der Waals surface area (Å²) in [7, 11) is 0. The summed E-state index contributed by atoms with van der Waals surface area (Å²) in [6, 6.07) is 17.0. The van der Waals surface area contributed by atoms with Crippen LogP contribution < -0.4 is 16.2 Å². The molecule has 0 aliphatic heterocycles. The van der Waals surface area contributed by atoms with E-state index in [0.29, 0.717) is 28.4 Å². The Bertz CT molecular complexity index is 1250. The summed E-state index contributed by atoms with van der Waals surface area (Å²) in [5.74, 6) is -0.264. The van der Waals surface area contributed by atoms with Gasteiger partial charge >= 0.3 is 6.03 Å². The van der Waals surface area contributed by atoms with Crippen molar-refractivity contribution in [2.75, 3.05) is 13.2 Å². The first-order valence-electron chi connectivity index (χ1n) is 10.6. The van der Waals surface area contributed by atoms with E-state index < -0.39 is 18.5 Å². The van der Waals surface area contributed by atoms with Crippen LogP contribution in [0.15, 0.2) is 71.7 Å². The average Bonchev–Trinajstić information content (AvgIpc) is 2.87. The molecule has 3 rings (SSSR count). The molecule has 0 aliphatic carbocycles. The first kappa shape index (κ1) is 26.1. The number of benzene rings is 2. The molecule has 1 heterocycles. The molecule has 0 spiro atoms. The summed E-state index contributed by atoms with van der Waals surface area (Å²) in [5.41, 5.74) is 12.6. The number of primary amides is 1. The Morgan fingerprint density at radius 3 is 2.36 bits per heavy atom. The Kier molecular flexibility index (Phi) is 8.92. The monoisotopic (exact) mass is 510 g/mol. The molecule has 11 nitrogen and oxygen atoms in total. The van der Waals surface area contributed by atoms with Crippen LogP contribution in [0.3, 0.4) is 0 Å².